The smallest absolute Gasteiger partial charge is 0.313 e. The summed E-state index contributed by atoms with van der Waals surface area (Å²) >= 11 is 6.51. The Morgan fingerprint density at radius 3 is 2.94 bits per heavy atom. The van der Waals surface area contributed by atoms with Crippen LogP contribution in [0.2, 0.25) is 5.02 Å². The SMILES string of the molecule is Cn1nnc2ccc(-c3cc(F)c(NC(=O)N4[C@H]5CC[C@@H]4c4n[nH]c(=O)cc4C5)cc3Cl)cc21. The highest BCUT2D eigenvalue weighted by atomic mass is 35.5. The van der Waals surface area contributed by atoms with E-state index >= 15 is 4.39 Å². The van der Waals surface area contributed by atoms with Gasteiger partial charge in [-0.25, -0.2) is 19.0 Å². The lowest BCUT2D eigenvalue weighted by Gasteiger charge is -2.35. The fourth-order valence-corrected chi connectivity index (χ4v) is 5.33. The number of aryl methyl sites for hydroxylation is 1. The van der Waals surface area contributed by atoms with Crippen LogP contribution in [0.15, 0.2) is 41.2 Å². The predicted molar refractivity (Wildman–Crippen MR) is 124 cm³/mol. The van der Waals surface area contributed by atoms with Gasteiger partial charge in [-0.3, -0.25) is 4.79 Å². The number of halogens is 2. The number of fused-ring (bicyclic) bond motifs is 5. The first-order valence-corrected chi connectivity index (χ1v) is 11.2. The first-order chi connectivity index (χ1) is 16.4. The number of carbonyl (C=O) groups excluding carboxylic acids is 1. The van der Waals surface area contributed by atoms with E-state index < -0.39 is 11.8 Å². The molecular weight excluding hydrogens is 461 g/mol. The summed E-state index contributed by atoms with van der Waals surface area (Å²) in [5, 5.41) is 17.6. The second kappa shape index (κ2) is 7.63. The van der Waals surface area contributed by atoms with Crippen LogP contribution in [0.3, 0.4) is 0 Å². The number of benzene rings is 2. The molecule has 2 aromatic carbocycles. The summed E-state index contributed by atoms with van der Waals surface area (Å²) in [7, 11) is 1.78. The van der Waals surface area contributed by atoms with Crippen molar-refractivity contribution in [3.8, 4) is 11.1 Å². The molecule has 0 unspecified atom stereocenters. The minimum Gasteiger partial charge on any atom is -0.313 e. The molecule has 0 saturated carbocycles. The zero-order chi connectivity index (χ0) is 23.6. The van der Waals surface area contributed by atoms with Crippen molar-refractivity contribution in [1.29, 1.82) is 0 Å². The normalized spacial score (nSPS) is 18.9. The number of carbonyl (C=O) groups is 1. The summed E-state index contributed by atoms with van der Waals surface area (Å²) in [6, 6.07) is 8.97. The number of urea groups is 1. The quantitative estimate of drug-likeness (QED) is 0.454. The van der Waals surface area contributed by atoms with Gasteiger partial charge in [-0.2, -0.15) is 5.10 Å². The molecule has 11 heteroatoms. The van der Waals surface area contributed by atoms with E-state index in [1.54, 1.807) is 34.8 Å². The summed E-state index contributed by atoms with van der Waals surface area (Å²) in [6.07, 6.45) is 2.07. The van der Waals surface area contributed by atoms with Crippen LogP contribution in [0.25, 0.3) is 22.2 Å². The standard InChI is InChI=1S/C23H19ClFN7O2/c1-31-20-7-11(2-4-17(20)27-30-31)14-9-16(25)18(10-15(14)24)26-23(34)32-13-3-5-19(32)22-12(6-13)8-21(33)28-29-22/h2,4,7-10,13,19H,3,5-6H2,1H3,(H,26,34)(H,28,33)/t13-,19+/m0/s1. The molecule has 2 atom stereocenters. The molecule has 4 aromatic rings. The number of amides is 2. The van der Waals surface area contributed by atoms with Crippen LogP contribution in [0.1, 0.15) is 30.1 Å². The lowest BCUT2D eigenvalue weighted by Crippen LogP contribution is -2.45. The van der Waals surface area contributed by atoms with Gasteiger partial charge in [0.15, 0.2) is 0 Å². The van der Waals surface area contributed by atoms with Gasteiger partial charge >= 0.3 is 6.03 Å². The molecule has 1 saturated heterocycles. The maximum Gasteiger partial charge on any atom is 0.322 e. The van der Waals surface area contributed by atoms with Crippen LogP contribution in [0.5, 0.6) is 0 Å². The van der Waals surface area contributed by atoms with Crippen molar-refractivity contribution in [2.45, 2.75) is 31.3 Å². The number of aromatic nitrogens is 5. The van der Waals surface area contributed by atoms with Crippen LogP contribution in [-0.4, -0.2) is 42.2 Å². The van der Waals surface area contributed by atoms with E-state index in [0.29, 0.717) is 28.3 Å². The summed E-state index contributed by atoms with van der Waals surface area (Å²) in [4.78, 5) is 26.5. The van der Waals surface area contributed by atoms with Crippen LogP contribution in [0.4, 0.5) is 14.9 Å². The summed E-state index contributed by atoms with van der Waals surface area (Å²) < 4.78 is 16.7. The molecule has 2 aliphatic heterocycles. The van der Waals surface area contributed by atoms with Crippen molar-refractivity contribution in [2.24, 2.45) is 7.05 Å². The van der Waals surface area contributed by atoms with Crippen molar-refractivity contribution in [3.05, 3.63) is 68.8 Å². The van der Waals surface area contributed by atoms with E-state index in [1.807, 2.05) is 6.07 Å². The Balaban J connectivity index is 1.29. The second-order valence-electron chi connectivity index (χ2n) is 8.66. The van der Waals surface area contributed by atoms with Crippen LogP contribution in [-0.2, 0) is 13.5 Å². The van der Waals surface area contributed by atoms with Crippen molar-refractivity contribution in [3.63, 3.8) is 0 Å². The van der Waals surface area contributed by atoms with Gasteiger partial charge in [-0.1, -0.05) is 22.9 Å². The number of H-pyrrole nitrogens is 1. The summed E-state index contributed by atoms with van der Waals surface area (Å²) in [5.74, 6) is -0.594. The number of hydrogen-bond acceptors (Lipinski definition) is 5. The number of aromatic amines is 1. The second-order valence-corrected chi connectivity index (χ2v) is 9.07. The van der Waals surface area contributed by atoms with Crippen molar-refractivity contribution >= 4 is 34.4 Å². The van der Waals surface area contributed by atoms with Gasteiger partial charge in [0, 0.05) is 24.7 Å². The Hall–Kier alpha value is -3.79. The fraction of sp³-hybridized carbons (Fsp3) is 0.261. The first-order valence-electron chi connectivity index (χ1n) is 10.9. The topological polar surface area (TPSA) is 109 Å². The number of anilines is 1. The fourth-order valence-electron chi connectivity index (χ4n) is 5.06. The molecule has 0 spiro atoms. The van der Waals surface area contributed by atoms with Crippen molar-refractivity contribution in [1.82, 2.24) is 30.1 Å². The minimum absolute atomic E-state index is 0.00153. The van der Waals surface area contributed by atoms with Crippen LogP contribution < -0.4 is 10.9 Å². The van der Waals surface area contributed by atoms with Gasteiger partial charge < -0.3 is 10.2 Å². The van der Waals surface area contributed by atoms with Crippen LogP contribution >= 0.6 is 11.6 Å². The van der Waals surface area contributed by atoms with E-state index in [-0.39, 0.29) is 23.3 Å². The Bertz CT molecular complexity index is 1530. The van der Waals surface area contributed by atoms with E-state index in [4.69, 9.17) is 11.6 Å². The molecule has 9 nitrogen and oxygen atoms in total. The number of rotatable bonds is 2. The molecule has 1 fully saturated rings. The Labute approximate surface area is 197 Å². The molecular formula is C23H19ClFN7O2. The van der Waals surface area contributed by atoms with Crippen molar-refractivity contribution < 1.29 is 9.18 Å². The van der Waals surface area contributed by atoms with Crippen LogP contribution in [0, 0.1) is 5.82 Å². The van der Waals surface area contributed by atoms with Gasteiger partial charge in [-0.15, -0.1) is 5.10 Å². The molecule has 2 aliphatic rings. The van der Waals surface area contributed by atoms with E-state index in [1.165, 1.54) is 12.1 Å². The van der Waals surface area contributed by atoms with E-state index in [0.717, 1.165) is 29.4 Å². The molecule has 2 N–H and O–H groups in total. The Kier molecular flexibility index (Phi) is 4.66. The van der Waals surface area contributed by atoms with Gasteiger partial charge in [0.25, 0.3) is 5.56 Å². The average molecular weight is 480 g/mol. The Morgan fingerprint density at radius 1 is 1.24 bits per heavy atom. The van der Waals surface area contributed by atoms with Gasteiger partial charge in [-0.05, 0) is 54.7 Å². The van der Waals surface area contributed by atoms with E-state index in [9.17, 15) is 9.59 Å². The first kappa shape index (κ1) is 20.8. The molecule has 172 valence electrons. The number of hydrogen-bond donors (Lipinski definition) is 2. The van der Waals surface area contributed by atoms with Gasteiger partial charge in [0.05, 0.1) is 28.0 Å². The van der Waals surface area contributed by atoms with E-state index in [2.05, 4.69) is 25.8 Å². The molecule has 6 rings (SSSR count). The molecule has 4 heterocycles. The van der Waals surface area contributed by atoms with Gasteiger partial charge in [0.1, 0.15) is 11.3 Å². The summed E-state index contributed by atoms with van der Waals surface area (Å²) in [6.45, 7) is 0. The van der Waals surface area contributed by atoms with Crippen molar-refractivity contribution in [2.75, 3.05) is 5.32 Å². The third-order valence-electron chi connectivity index (χ3n) is 6.65. The highest BCUT2D eigenvalue weighted by molar-refractivity contribution is 6.33. The Morgan fingerprint density at radius 2 is 2.09 bits per heavy atom. The monoisotopic (exact) mass is 479 g/mol. The molecule has 2 aromatic heterocycles. The number of nitrogens with zero attached hydrogens (tertiary/aromatic N) is 5. The molecule has 2 bridgehead atoms. The molecule has 2 amide bonds. The highest BCUT2D eigenvalue weighted by Crippen LogP contribution is 2.43. The number of nitrogens with one attached hydrogen (secondary N) is 2. The summed E-state index contributed by atoms with van der Waals surface area (Å²) in [5.41, 5.74) is 4.03. The highest BCUT2D eigenvalue weighted by Gasteiger charge is 2.44. The lowest BCUT2D eigenvalue weighted by molar-refractivity contribution is 0.177. The molecule has 34 heavy (non-hydrogen) atoms. The van der Waals surface area contributed by atoms with Gasteiger partial charge in [0.2, 0.25) is 0 Å². The zero-order valence-electron chi connectivity index (χ0n) is 18.0. The lowest BCUT2D eigenvalue weighted by atomic mass is 9.99. The predicted octanol–water partition coefficient (Wildman–Crippen LogP) is 3.80. The minimum atomic E-state index is -0.594. The average Bonchev–Trinajstić information content (AvgIpc) is 3.34. The maximum absolute atomic E-state index is 15.1. The third kappa shape index (κ3) is 3.25. The largest absolute Gasteiger partial charge is 0.322 e. The zero-order valence-corrected chi connectivity index (χ0v) is 18.8. The maximum atomic E-state index is 15.1. The third-order valence-corrected chi connectivity index (χ3v) is 6.96. The molecule has 0 aliphatic carbocycles. The molecule has 0 radical (unpaired) electrons.